The van der Waals surface area contributed by atoms with Crippen molar-refractivity contribution in [2.75, 3.05) is 25.3 Å². The Hall–Kier alpha value is -3.51. The van der Waals surface area contributed by atoms with Gasteiger partial charge in [0, 0.05) is 32.7 Å². The number of carbonyl (C=O) groups excluding carboxylic acids is 1. The minimum Gasteiger partial charge on any atom is -0.472 e. The van der Waals surface area contributed by atoms with E-state index in [1.165, 1.54) is 35.0 Å². The van der Waals surface area contributed by atoms with Gasteiger partial charge in [0.2, 0.25) is 17.6 Å². The predicted molar refractivity (Wildman–Crippen MR) is 115 cm³/mol. The smallest absolute Gasteiger partial charge is 0.294 e. The van der Waals surface area contributed by atoms with Crippen molar-refractivity contribution < 1.29 is 27.4 Å². The topological polar surface area (TPSA) is 135 Å². The third-order valence-electron chi connectivity index (χ3n) is 4.04. The molecule has 3 rings (SSSR count). The molecule has 0 spiro atoms. The molecule has 1 unspecified atom stereocenters. The zero-order valence-corrected chi connectivity index (χ0v) is 18.8. The summed E-state index contributed by atoms with van der Waals surface area (Å²) in [6.07, 6.45) is 2.45. The fourth-order valence-corrected chi connectivity index (χ4v) is 3.25. The van der Waals surface area contributed by atoms with Crippen LogP contribution in [0.25, 0.3) is 0 Å². The number of aromatic nitrogens is 4. The number of hydrogen-bond donors (Lipinski definition) is 1. The van der Waals surface area contributed by atoms with Crippen molar-refractivity contribution in [1.29, 1.82) is 0 Å². The van der Waals surface area contributed by atoms with Gasteiger partial charge < -0.3 is 19.5 Å². The van der Waals surface area contributed by atoms with Crippen LogP contribution in [0, 0.1) is 0 Å². The molecule has 0 fully saturated rings. The first-order chi connectivity index (χ1) is 15.1. The van der Waals surface area contributed by atoms with Crippen LogP contribution >= 0.6 is 0 Å². The van der Waals surface area contributed by atoms with Gasteiger partial charge in [-0.1, -0.05) is 0 Å². The Morgan fingerprint density at radius 1 is 1.16 bits per heavy atom. The van der Waals surface area contributed by atoms with Gasteiger partial charge >= 0.3 is 0 Å². The predicted octanol–water partition coefficient (Wildman–Crippen LogP) is 2.07. The lowest BCUT2D eigenvalue weighted by Crippen LogP contribution is -2.21. The van der Waals surface area contributed by atoms with E-state index >= 15 is 0 Å². The summed E-state index contributed by atoms with van der Waals surface area (Å²) >= 11 is 0. The number of rotatable bonds is 9. The molecule has 2 heterocycles. The van der Waals surface area contributed by atoms with E-state index in [9.17, 15) is 13.2 Å². The van der Waals surface area contributed by atoms with Crippen molar-refractivity contribution in [3.63, 3.8) is 0 Å². The van der Waals surface area contributed by atoms with Gasteiger partial charge in [0.15, 0.2) is 15.7 Å². The first-order valence-electron chi connectivity index (χ1n) is 9.47. The number of benzene rings is 1. The van der Waals surface area contributed by atoms with E-state index in [1.54, 1.807) is 33.3 Å². The summed E-state index contributed by atoms with van der Waals surface area (Å²) in [5.74, 6) is 0.00444. The number of sulfone groups is 1. The molecule has 12 heteroatoms. The third-order valence-corrected chi connectivity index (χ3v) is 5.16. The Kier molecular flexibility index (Phi) is 7.05. The van der Waals surface area contributed by atoms with E-state index in [-0.39, 0.29) is 28.6 Å². The number of carbonyl (C=O) groups is 1. The monoisotopic (exact) mass is 461 g/mol. The van der Waals surface area contributed by atoms with E-state index in [0.717, 1.165) is 6.26 Å². The largest absolute Gasteiger partial charge is 0.472 e. The van der Waals surface area contributed by atoms with Gasteiger partial charge in [0.25, 0.3) is 5.91 Å². The van der Waals surface area contributed by atoms with Crippen LogP contribution in [0.2, 0.25) is 0 Å². The lowest BCUT2D eigenvalue weighted by Gasteiger charge is -2.14. The number of aryl methyl sites for hydroxylation is 1. The molecule has 0 bridgehead atoms. The summed E-state index contributed by atoms with van der Waals surface area (Å²) in [5, 5.41) is 6.69. The van der Waals surface area contributed by atoms with E-state index < -0.39 is 15.7 Å². The van der Waals surface area contributed by atoms with Crippen molar-refractivity contribution >= 4 is 21.6 Å². The van der Waals surface area contributed by atoms with Gasteiger partial charge in [-0.15, -0.1) is 0 Å². The van der Waals surface area contributed by atoms with Crippen LogP contribution in [0.5, 0.6) is 17.5 Å². The molecule has 11 nitrogen and oxygen atoms in total. The molecular formula is C20H23N5O6S. The molecule has 1 amide bonds. The number of nitrogens with one attached hydrogen (secondary N) is 1. The number of ether oxygens (including phenoxy) is 3. The second-order valence-electron chi connectivity index (χ2n) is 6.93. The van der Waals surface area contributed by atoms with Gasteiger partial charge in [-0.3, -0.25) is 9.48 Å². The third kappa shape index (κ3) is 6.25. The molecule has 0 aliphatic rings. The number of methoxy groups -OCH3 is 1. The SMILES string of the molecule is COCC(C)Oc1cc(Oc2ccc(S(C)(=O)=O)cc2)nc(C(=O)Nc2ccn(C)n2)n1. The van der Waals surface area contributed by atoms with Crippen LogP contribution in [-0.4, -0.2) is 60.1 Å². The maximum absolute atomic E-state index is 12.7. The van der Waals surface area contributed by atoms with Crippen molar-refractivity contribution in [3.05, 3.63) is 48.4 Å². The van der Waals surface area contributed by atoms with Gasteiger partial charge in [0.1, 0.15) is 11.9 Å². The molecular weight excluding hydrogens is 438 g/mol. The Balaban J connectivity index is 1.87. The highest BCUT2D eigenvalue weighted by atomic mass is 32.2. The lowest BCUT2D eigenvalue weighted by molar-refractivity contribution is 0.0877. The summed E-state index contributed by atoms with van der Waals surface area (Å²) in [6.45, 7) is 2.09. The average molecular weight is 462 g/mol. The molecule has 0 radical (unpaired) electrons. The van der Waals surface area contributed by atoms with E-state index in [4.69, 9.17) is 14.2 Å². The molecule has 0 saturated heterocycles. The molecule has 0 aliphatic heterocycles. The molecule has 32 heavy (non-hydrogen) atoms. The van der Waals surface area contributed by atoms with Crippen LogP contribution in [-0.2, 0) is 21.6 Å². The fraction of sp³-hybridized carbons (Fsp3) is 0.300. The summed E-state index contributed by atoms with van der Waals surface area (Å²) in [5.41, 5.74) is 0. The summed E-state index contributed by atoms with van der Waals surface area (Å²) in [6, 6.07) is 8.85. The van der Waals surface area contributed by atoms with Crippen LogP contribution in [0.1, 0.15) is 17.5 Å². The first kappa shape index (κ1) is 23.2. The Bertz CT molecular complexity index is 1190. The normalized spacial score (nSPS) is 12.2. The van der Waals surface area contributed by atoms with Crippen molar-refractivity contribution in [1.82, 2.24) is 19.7 Å². The zero-order chi connectivity index (χ0) is 23.3. The molecule has 170 valence electrons. The maximum atomic E-state index is 12.7. The van der Waals surface area contributed by atoms with Gasteiger partial charge in [-0.25, -0.2) is 8.42 Å². The molecule has 1 atom stereocenters. The van der Waals surface area contributed by atoms with E-state index in [1.807, 2.05) is 0 Å². The van der Waals surface area contributed by atoms with Crippen molar-refractivity contribution in [3.8, 4) is 17.5 Å². The molecule has 0 aliphatic carbocycles. The molecule has 0 saturated carbocycles. The van der Waals surface area contributed by atoms with E-state index in [2.05, 4.69) is 20.4 Å². The van der Waals surface area contributed by atoms with Crippen LogP contribution in [0.15, 0.2) is 47.5 Å². The van der Waals surface area contributed by atoms with Crippen molar-refractivity contribution in [2.24, 2.45) is 7.05 Å². The fourth-order valence-electron chi connectivity index (χ4n) is 2.62. The Morgan fingerprint density at radius 2 is 1.84 bits per heavy atom. The van der Waals surface area contributed by atoms with Gasteiger partial charge in [-0.05, 0) is 31.2 Å². The zero-order valence-electron chi connectivity index (χ0n) is 18.0. The number of nitrogens with zero attached hydrogens (tertiary/aromatic N) is 4. The number of anilines is 1. The minimum atomic E-state index is -3.34. The molecule has 1 aromatic carbocycles. The summed E-state index contributed by atoms with van der Waals surface area (Å²) in [4.78, 5) is 21.1. The highest BCUT2D eigenvalue weighted by Gasteiger charge is 2.17. The van der Waals surface area contributed by atoms with E-state index in [0.29, 0.717) is 18.2 Å². The van der Waals surface area contributed by atoms with Crippen LogP contribution < -0.4 is 14.8 Å². The second-order valence-corrected chi connectivity index (χ2v) is 8.94. The van der Waals surface area contributed by atoms with Gasteiger partial charge in [-0.2, -0.15) is 15.1 Å². The quantitative estimate of drug-likeness (QED) is 0.508. The highest BCUT2D eigenvalue weighted by molar-refractivity contribution is 7.90. The summed E-state index contributed by atoms with van der Waals surface area (Å²) in [7, 11) is -0.0747. The highest BCUT2D eigenvalue weighted by Crippen LogP contribution is 2.25. The lowest BCUT2D eigenvalue weighted by atomic mass is 10.3. The maximum Gasteiger partial charge on any atom is 0.294 e. The van der Waals surface area contributed by atoms with Gasteiger partial charge in [0.05, 0.1) is 17.6 Å². The standard InChI is InChI=1S/C20H23N5O6S/c1-13(12-29-3)30-17-11-18(31-14-5-7-15(8-6-14)32(4,27)28)23-19(22-17)20(26)21-16-9-10-25(2)24-16/h5-11,13H,12H2,1-4H3,(H,21,24,26). The number of hydrogen-bond acceptors (Lipinski definition) is 9. The summed E-state index contributed by atoms with van der Waals surface area (Å²) < 4.78 is 41.3. The second kappa shape index (κ2) is 9.75. The Labute approximate surface area is 185 Å². The first-order valence-corrected chi connectivity index (χ1v) is 11.4. The number of amides is 1. The minimum absolute atomic E-state index is 0.0397. The van der Waals surface area contributed by atoms with Crippen molar-refractivity contribution in [2.45, 2.75) is 17.9 Å². The Morgan fingerprint density at radius 3 is 2.44 bits per heavy atom. The molecule has 2 aromatic heterocycles. The van der Waals surface area contributed by atoms with Crippen LogP contribution in [0.3, 0.4) is 0 Å². The molecule has 3 aromatic rings. The average Bonchev–Trinajstić information content (AvgIpc) is 3.12. The molecule has 1 N–H and O–H groups in total. The van der Waals surface area contributed by atoms with Crippen LogP contribution in [0.4, 0.5) is 5.82 Å².